The van der Waals surface area contributed by atoms with Gasteiger partial charge >= 0.3 is 0 Å². The second-order valence-corrected chi connectivity index (χ2v) is 5.69. The van der Waals surface area contributed by atoms with E-state index in [1.165, 1.54) is 0 Å². The van der Waals surface area contributed by atoms with E-state index in [4.69, 9.17) is 9.47 Å². The molecule has 0 saturated heterocycles. The smallest absolute Gasteiger partial charge is 0.220 e. The number of hydrogen-bond acceptors (Lipinski definition) is 3. The van der Waals surface area contributed by atoms with Gasteiger partial charge in [-0.25, -0.2) is 0 Å². The summed E-state index contributed by atoms with van der Waals surface area (Å²) >= 11 is 0. The fraction of sp³-hybridized carbons (Fsp3) is 0.316. The lowest BCUT2D eigenvalue weighted by atomic mass is 9.97. The van der Waals surface area contributed by atoms with Crippen LogP contribution in [0.1, 0.15) is 30.5 Å². The summed E-state index contributed by atoms with van der Waals surface area (Å²) in [6.45, 7) is 2.83. The SMILES string of the molecule is COc1ccc2c(c1)[C@@H](N(Cc1ccccc1)C(C)=O)CCO2. The highest BCUT2D eigenvalue weighted by Crippen LogP contribution is 2.38. The molecule has 0 radical (unpaired) electrons. The molecule has 1 aliphatic heterocycles. The summed E-state index contributed by atoms with van der Waals surface area (Å²) in [6.07, 6.45) is 0.784. The fourth-order valence-corrected chi connectivity index (χ4v) is 3.03. The predicted molar refractivity (Wildman–Crippen MR) is 88.5 cm³/mol. The van der Waals surface area contributed by atoms with Crippen LogP contribution in [0.25, 0.3) is 0 Å². The van der Waals surface area contributed by atoms with E-state index in [1.54, 1.807) is 14.0 Å². The Morgan fingerprint density at radius 1 is 1.26 bits per heavy atom. The van der Waals surface area contributed by atoms with Gasteiger partial charge in [0.25, 0.3) is 0 Å². The summed E-state index contributed by atoms with van der Waals surface area (Å²) in [5, 5.41) is 0. The molecule has 1 aliphatic rings. The number of carbonyl (C=O) groups excluding carboxylic acids is 1. The molecule has 1 atom stereocenters. The highest BCUT2D eigenvalue weighted by Gasteiger charge is 2.29. The lowest BCUT2D eigenvalue weighted by Crippen LogP contribution is -2.35. The Kier molecular flexibility index (Phi) is 4.51. The first-order chi connectivity index (χ1) is 11.2. The highest BCUT2D eigenvalue weighted by molar-refractivity contribution is 5.74. The average molecular weight is 311 g/mol. The molecular weight excluding hydrogens is 290 g/mol. The molecule has 4 nitrogen and oxygen atoms in total. The molecule has 4 heteroatoms. The number of nitrogens with zero attached hydrogens (tertiary/aromatic N) is 1. The third kappa shape index (κ3) is 3.31. The van der Waals surface area contributed by atoms with Crippen LogP contribution < -0.4 is 9.47 Å². The number of amides is 1. The maximum Gasteiger partial charge on any atom is 0.220 e. The maximum atomic E-state index is 12.3. The van der Waals surface area contributed by atoms with Crippen LogP contribution in [0.4, 0.5) is 0 Å². The minimum atomic E-state index is 0.00607. The molecule has 3 rings (SSSR count). The molecule has 0 aromatic heterocycles. The standard InChI is InChI=1S/C19H21NO3/c1-14(21)20(13-15-6-4-3-5-7-15)18-10-11-23-19-9-8-16(22-2)12-17(18)19/h3-9,12,18H,10-11,13H2,1-2H3/t18-/m0/s1. The normalized spacial score (nSPS) is 16.2. The van der Waals surface area contributed by atoms with Crippen LogP contribution in [-0.2, 0) is 11.3 Å². The minimum absolute atomic E-state index is 0.00607. The van der Waals surface area contributed by atoms with Crippen LogP contribution in [0, 0.1) is 0 Å². The first-order valence-corrected chi connectivity index (χ1v) is 7.81. The summed E-state index contributed by atoms with van der Waals surface area (Å²) in [5.74, 6) is 1.68. The molecule has 0 bridgehead atoms. The first-order valence-electron chi connectivity index (χ1n) is 7.81. The van der Waals surface area contributed by atoms with E-state index in [2.05, 4.69) is 0 Å². The van der Waals surface area contributed by atoms with Crippen molar-refractivity contribution in [2.75, 3.05) is 13.7 Å². The Labute approximate surface area is 136 Å². The van der Waals surface area contributed by atoms with Gasteiger partial charge in [-0.05, 0) is 23.8 Å². The van der Waals surface area contributed by atoms with E-state index in [9.17, 15) is 4.79 Å². The van der Waals surface area contributed by atoms with Crippen molar-refractivity contribution in [3.8, 4) is 11.5 Å². The number of benzene rings is 2. The minimum Gasteiger partial charge on any atom is -0.497 e. The molecule has 1 heterocycles. The van der Waals surface area contributed by atoms with Crippen LogP contribution in [0.15, 0.2) is 48.5 Å². The lowest BCUT2D eigenvalue weighted by molar-refractivity contribution is -0.132. The van der Waals surface area contributed by atoms with E-state index < -0.39 is 0 Å². The van der Waals surface area contributed by atoms with Crippen LogP contribution in [0.2, 0.25) is 0 Å². The molecule has 0 N–H and O–H groups in total. The van der Waals surface area contributed by atoms with Crippen LogP contribution in [0.3, 0.4) is 0 Å². The van der Waals surface area contributed by atoms with Crippen LogP contribution >= 0.6 is 0 Å². The summed E-state index contributed by atoms with van der Waals surface area (Å²) in [7, 11) is 1.65. The Balaban J connectivity index is 1.94. The maximum absolute atomic E-state index is 12.3. The second kappa shape index (κ2) is 6.73. The molecule has 23 heavy (non-hydrogen) atoms. The van der Waals surface area contributed by atoms with Gasteiger partial charge in [-0.1, -0.05) is 30.3 Å². The van der Waals surface area contributed by atoms with Crippen molar-refractivity contribution in [2.24, 2.45) is 0 Å². The number of methoxy groups -OCH3 is 1. The average Bonchev–Trinajstić information content (AvgIpc) is 2.59. The zero-order valence-corrected chi connectivity index (χ0v) is 13.5. The van der Waals surface area contributed by atoms with Crippen molar-refractivity contribution in [3.05, 3.63) is 59.7 Å². The predicted octanol–water partition coefficient (Wildman–Crippen LogP) is 3.57. The number of ether oxygens (including phenoxy) is 2. The Bertz CT molecular complexity index is 684. The third-order valence-corrected chi connectivity index (χ3v) is 4.20. The van der Waals surface area contributed by atoms with Gasteiger partial charge in [-0.2, -0.15) is 0 Å². The van der Waals surface area contributed by atoms with Crippen molar-refractivity contribution in [2.45, 2.75) is 25.9 Å². The number of rotatable bonds is 4. The molecule has 1 amide bonds. The largest absolute Gasteiger partial charge is 0.497 e. The van der Waals surface area contributed by atoms with Gasteiger partial charge in [0.15, 0.2) is 0 Å². The second-order valence-electron chi connectivity index (χ2n) is 5.69. The van der Waals surface area contributed by atoms with E-state index >= 15 is 0 Å². The fourth-order valence-electron chi connectivity index (χ4n) is 3.03. The Morgan fingerprint density at radius 3 is 2.74 bits per heavy atom. The van der Waals surface area contributed by atoms with Crippen LogP contribution in [-0.4, -0.2) is 24.5 Å². The Morgan fingerprint density at radius 2 is 2.04 bits per heavy atom. The zero-order valence-electron chi connectivity index (χ0n) is 13.5. The van der Waals surface area contributed by atoms with E-state index in [1.807, 2.05) is 53.4 Å². The zero-order chi connectivity index (χ0) is 16.2. The van der Waals surface area contributed by atoms with Crippen molar-refractivity contribution >= 4 is 5.91 Å². The van der Waals surface area contributed by atoms with Gasteiger partial charge < -0.3 is 14.4 Å². The molecular formula is C19H21NO3. The number of hydrogen-bond donors (Lipinski definition) is 0. The van der Waals surface area contributed by atoms with Crippen molar-refractivity contribution in [1.82, 2.24) is 4.90 Å². The van der Waals surface area contributed by atoms with E-state index in [0.29, 0.717) is 13.2 Å². The summed E-state index contributed by atoms with van der Waals surface area (Å²) in [6, 6.07) is 15.8. The molecule has 0 saturated carbocycles. The van der Waals surface area contributed by atoms with Gasteiger partial charge in [0.1, 0.15) is 11.5 Å². The number of carbonyl (C=O) groups is 1. The molecule has 0 fully saturated rings. The first kappa shape index (κ1) is 15.4. The molecule has 2 aromatic carbocycles. The van der Waals surface area contributed by atoms with Crippen molar-refractivity contribution in [3.63, 3.8) is 0 Å². The van der Waals surface area contributed by atoms with E-state index in [0.717, 1.165) is 29.0 Å². The Hall–Kier alpha value is -2.49. The molecule has 0 unspecified atom stereocenters. The van der Waals surface area contributed by atoms with Crippen LogP contribution in [0.5, 0.6) is 11.5 Å². The topological polar surface area (TPSA) is 38.8 Å². The van der Waals surface area contributed by atoms with Gasteiger partial charge in [0.2, 0.25) is 5.91 Å². The van der Waals surface area contributed by atoms with Crippen molar-refractivity contribution < 1.29 is 14.3 Å². The van der Waals surface area contributed by atoms with Crippen molar-refractivity contribution in [1.29, 1.82) is 0 Å². The van der Waals surface area contributed by atoms with Gasteiger partial charge in [0, 0.05) is 25.5 Å². The quantitative estimate of drug-likeness (QED) is 0.866. The molecule has 120 valence electrons. The summed E-state index contributed by atoms with van der Waals surface area (Å²) in [5.41, 5.74) is 2.14. The molecule has 2 aromatic rings. The lowest BCUT2D eigenvalue weighted by Gasteiger charge is -2.35. The highest BCUT2D eigenvalue weighted by atomic mass is 16.5. The third-order valence-electron chi connectivity index (χ3n) is 4.20. The van der Waals surface area contributed by atoms with Gasteiger partial charge in [-0.3, -0.25) is 4.79 Å². The monoisotopic (exact) mass is 311 g/mol. The molecule has 0 aliphatic carbocycles. The number of fused-ring (bicyclic) bond motifs is 1. The van der Waals surface area contributed by atoms with E-state index in [-0.39, 0.29) is 11.9 Å². The summed E-state index contributed by atoms with van der Waals surface area (Å²) < 4.78 is 11.1. The molecule has 0 spiro atoms. The summed E-state index contributed by atoms with van der Waals surface area (Å²) in [4.78, 5) is 14.2. The van der Waals surface area contributed by atoms with Gasteiger partial charge in [-0.15, -0.1) is 0 Å². The van der Waals surface area contributed by atoms with Gasteiger partial charge in [0.05, 0.1) is 19.8 Å².